The second-order valence-corrected chi connectivity index (χ2v) is 6.10. The summed E-state index contributed by atoms with van der Waals surface area (Å²) in [5.74, 6) is 1.38. The average Bonchev–Trinajstić information content (AvgIpc) is 2.15. The highest BCUT2D eigenvalue weighted by atomic mass is 16.2. The van der Waals surface area contributed by atoms with Crippen molar-refractivity contribution in [2.75, 3.05) is 0 Å². The van der Waals surface area contributed by atoms with Crippen LogP contribution < -0.4 is 5.32 Å². The smallest absolute Gasteiger partial charge is 0.226 e. The SMILES string of the molecule is CC(C)C(C)NC(=O)C(C)(C(C)C)C(C)C. The van der Waals surface area contributed by atoms with E-state index in [1.54, 1.807) is 0 Å². The first-order valence-corrected chi connectivity index (χ1v) is 6.44. The summed E-state index contributed by atoms with van der Waals surface area (Å²) in [7, 11) is 0. The van der Waals surface area contributed by atoms with Crippen molar-refractivity contribution >= 4 is 5.91 Å². The predicted molar refractivity (Wildman–Crippen MR) is 70.2 cm³/mol. The molecule has 0 aliphatic carbocycles. The molecule has 1 amide bonds. The number of nitrogens with one attached hydrogen (secondary N) is 1. The van der Waals surface area contributed by atoms with Crippen molar-refractivity contribution < 1.29 is 4.79 Å². The van der Waals surface area contributed by atoms with E-state index < -0.39 is 0 Å². The first kappa shape index (κ1) is 15.5. The van der Waals surface area contributed by atoms with E-state index in [-0.39, 0.29) is 17.4 Å². The number of amides is 1. The Morgan fingerprint density at radius 3 is 1.56 bits per heavy atom. The van der Waals surface area contributed by atoms with E-state index in [0.717, 1.165) is 0 Å². The predicted octanol–water partition coefficient (Wildman–Crippen LogP) is 3.47. The molecule has 1 unspecified atom stereocenters. The standard InChI is InChI=1S/C14H29NO/c1-9(2)12(7)15-13(16)14(8,10(3)4)11(5)6/h9-12H,1-8H3,(H,15,16). The van der Waals surface area contributed by atoms with Gasteiger partial charge in [0.15, 0.2) is 0 Å². The minimum absolute atomic E-state index is 0.193. The van der Waals surface area contributed by atoms with Crippen molar-refractivity contribution in [3.8, 4) is 0 Å². The van der Waals surface area contributed by atoms with Gasteiger partial charge in [-0.05, 0) is 24.7 Å². The molecule has 0 aliphatic heterocycles. The molecular formula is C14H29NO. The lowest BCUT2D eigenvalue weighted by atomic mass is 9.69. The largest absolute Gasteiger partial charge is 0.353 e. The fourth-order valence-electron chi connectivity index (χ4n) is 1.72. The number of hydrogen-bond acceptors (Lipinski definition) is 1. The van der Waals surface area contributed by atoms with Crippen molar-refractivity contribution in [2.24, 2.45) is 23.2 Å². The zero-order valence-electron chi connectivity index (χ0n) is 12.2. The molecule has 16 heavy (non-hydrogen) atoms. The van der Waals surface area contributed by atoms with Gasteiger partial charge in [0.25, 0.3) is 0 Å². The van der Waals surface area contributed by atoms with Crippen molar-refractivity contribution in [1.29, 1.82) is 0 Å². The van der Waals surface area contributed by atoms with Crippen molar-refractivity contribution in [1.82, 2.24) is 5.32 Å². The van der Waals surface area contributed by atoms with Gasteiger partial charge < -0.3 is 5.32 Å². The molecule has 2 nitrogen and oxygen atoms in total. The van der Waals surface area contributed by atoms with Crippen LogP contribution in [0.1, 0.15) is 55.4 Å². The van der Waals surface area contributed by atoms with E-state index in [1.165, 1.54) is 0 Å². The Labute approximate surface area is 101 Å². The second kappa shape index (κ2) is 5.70. The monoisotopic (exact) mass is 227 g/mol. The topological polar surface area (TPSA) is 29.1 Å². The van der Waals surface area contributed by atoms with Crippen LogP contribution in [0.2, 0.25) is 0 Å². The number of rotatable bonds is 5. The molecule has 0 aromatic heterocycles. The summed E-state index contributed by atoms with van der Waals surface area (Å²) < 4.78 is 0. The maximum atomic E-state index is 12.4. The Morgan fingerprint density at radius 1 is 0.938 bits per heavy atom. The van der Waals surface area contributed by atoms with Gasteiger partial charge in [0.1, 0.15) is 0 Å². The first-order valence-electron chi connectivity index (χ1n) is 6.44. The van der Waals surface area contributed by atoms with E-state index >= 15 is 0 Å². The highest BCUT2D eigenvalue weighted by Crippen LogP contribution is 2.35. The quantitative estimate of drug-likeness (QED) is 0.765. The van der Waals surface area contributed by atoms with Crippen LogP contribution >= 0.6 is 0 Å². The van der Waals surface area contributed by atoms with Crippen LogP contribution in [0.3, 0.4) is 0 Å². The summed E-state index contributed by atoms with van der Waals surface area (Å²) in [6.07, 6.45) is 0. The summed E-state index contributed by atoms with van der Waals surface area (Å²) in [5, 5.41) is 3.14. The van der Waals surface area contributed by atoms with E-state index in [4.69, 9.17) is 0 Å². The second-order valence-electron chi connectivity index (χ2n) is 6.10. The molecule has 1 atom stereocenters. The Kier molecular flexibility index (Phi) is 5.51. The summed E-state index contributed by atoms with van der Waals surface area (Å²) in [4.78, 5) is 12.4. The molecule has 0 bridgehead atoms. The van der Waals surface area contributed by atoms with Gasteiger partial charge in [-0.1, -0.05) is 48.5 Å². The lowest BCUT2D eigenvalue weighted by molar-refractivity contribution is -0.136. The van der Waals surface area contributed by atoms with Gasteiger partial charge in [-0.2, -0.15) is 0 Å². The van der Waals surface area contributed by atoms with E-state index in [0.29, 0.717) is 17.8 Å². The van der Waals surface area contributed by atoms with Crippen LogP contribution in [0.25, 0.3) is 0 Å². The third-order valence-corrected chi connectivity index (χ3v) is 4.25. The number of hydrogen-bond donors (Lipinski definition) is 1. The highest BCUT2D eigenvalue weighted by molar-refractivity contribution is 5.83. The maximum Gasteiger partial charge on any atom is 0.226 e. The molecule has 1 N–H and O–H groups in total. The highest BCUT2D eigenvalue weighted by Gasteiger charge is 2.40. The Balaban J connectivity index is 4.78. The molecule has 0 aliphatic rings. The summed E-state index contributed by atoms with van der Waals surface area (Å²) in [6.45, 7) is 16.9. The molecule has 0 spiro atoms. The molecule has 0 saturated heterocycles. The molecule has 0 rings (SSSR count). The molecular weight excluding hydrogens is 198 g/mol. The Hall–Kier alpha value is -0.530. The van der Waals surface area contributed by atoms with Gasteiger partial charge in [0.05, 0.1) is 5.41 Å². The minimum atomic E-state index is -0.275. The Bertz CT molecular complexity index is 223. The average molecular weight is 227 g/mol. The molecule has 2 heteroatoms. The molecule has 96 valence electrons. The van der Waals surface area contributed by atoms with Crippen molar-refractivity contribution in [3.63, 3.8) is 0 Å². The van der Waals surface area contributed by atoms with Crippen molar-refractivity contribution in [2.45, 2.75) is 61.4 Å². The molecule has 0 radical (unpaired) electrons. The summed E-state index contributed by atoms with van der Waals surface area (Å²) in [6, 6.07) is 0.240. The van der Waals surface area contributed by atoms with Crippen LogP contribution in [-0.4, -0.2) is 11.9 Å². The van der Waals surface area contributed by atoms with E-state index in [2.05, 4.69) is 60.7 Å². The zero-order chi connectivity index (χ0) is 13.1. The van der Waals surface area contributed by atoms with Gasteiger partial charge in [-0.3, -0.25) is 4.79 Å². The lowest BCUT2D eigenvalue weighted by Gasteiger charge is -2.37. The first-order chi connectivity index (χ1) is 7.13. The van der Waals surface area contributed by atoms with Gasteiger partial charge in [-0.25, -0.2) is 0 Å². The molecule has 0 saturated carbocycles. The van der Waals surface area contributed by atoms with E-state index in [1.807, 2.05) is 0 Å². The van der Waals surface area contributed by atoms with Crippen LogP contribution in [0.4, 0.5) is 0 Å². The molecule has 0 heterocycles. The zero-order valence-corrected chi connectivity index (χ0v) is 12.2. The number of carbonyl (C=O) groups excluding carboxylic acids is 1. The van der Waals surface area contributed by atoms with Crippen molar-refractivity contribution in [3.05, 3.63) is 0 Å². The van der Waals surface area contributed by atoms with Gasteiger partial charge in [0.2, 0.25) is 5.91 Å². The van der Waals surface area contributed by atoms with Gasteiger partial charge in [-0.15, -0.1) is 0 Å². The van der Waals surface area contributed by atoms with Crippen LogP contribution in [0.5, 0.6) is 0 Å². The number of carbonyl (C=O) groups is 1. The third-order valence-electron chi connectivity index (χ3n) is 4.25. The van der Waals surface area contributed by atoms with Crippen LogP contribution in [-0.2, 0) is 4.79 Å². The Morgan fingerprint density at radius 2 is 1.31 bits per heavy atom. The van der Waals surface area contributed by atoms with Crippen LogP contribution in [0.15, 0.2) is 0 Å². The normalized spacial score (nSPS) is 14.7. The fourth-order valence-corrected chi connectivity index (χ4v) is 1.72. The lowest BCUT2D eigenvalue weighted by Crippen LogP contribution is -2.49. The molecule has 0 fully saturated rings. The van der Waals surface area contributed by atoms with Gasteiger partial charge in [0, 0.05) is 6.04 Å². The summed E-state index contributed by atoms with van der Waals surface area (Å²) >= 11 is 0. The fraction of sp³-hybridized carbons (Fsp3) is 0.929. The van der Waals surface area contributed by atoms with Gasteiger partial charge >= 0.3 is 0 Å². The third kappa shape index (κ3) is 3.23. The van der Waals surface area contributed by atoms with E-state index in [9.17, 15) is 4.79 Å². The van der Waals surface area contributed by atoms with Crippen LogP contribution in [0, 0.1) is 23.2 Å². The molecule has 0 aromatic rings. The maximum absolute atomic E-state index is 12.4. The molecule has 0 aromatic carbocycles. The summed E-state index contributed by atoms with van der Waals surface area (Å²) in [5.41, 5.74) is -0.275. The minimum Gasteiger partial charge on any atom is -0.353 e.